The van der Waals surface area contributed by atoms with Gasteiger partial charge in [-0.1, -0.05) is 224 Å². The molecule has 0 N–H and O–H groups in total. The molecule has 0 saturated heterocycles. The molecule has 0 amide bonds. The van der Waals surface area contributed by atoms with Gasteiger partial charge in [0, 0.05) is 70.6 Å². The van der Waals surface area contributed by atoms with Crippen molar-refractivity contribution < 1.29 is 13.3 Å². The van der Waals surface area contributed by atoms with Crippen LogP contribution in [-0.2, 0) is 0 Å². The minimum atomic E-state index is -0.421. The quantitative estimate of drug-likeness (QED) is 0.117. The lowest BCUT2D eigenvalue weighted by atomic mass is 9.97. The van der Waals surface area contributed by atoms with Gasteiger partial charge in [0.1, 0.15) is 16.7 Å². The highest BCUT2D eigenvalue weighted by Crippen LogP contribution is 2.37. The smallest absolute Gasteiger partial charge is 0.344 e. The van der Waals surface area contributed by atoms with Crippen LogP contribution in [0, 0.1) is 0 Å². The lowest BCUT2D eigenvalue weighted by molar-refractivity contribution is 0.569. The van der Waals surface area contributed by atoms with Crippen LogP contribution >= 0.6 is 0 Å². The van der Waals surface area contributed by atoms with Crippen LogP contribution in [0.15, 0.2) is 388 Å². The molecule has 12 nitrogen and oxygen atoms in total. The van der Waals surface area contributed by atoms with Gasteiger partial charge in [-0.2, -0.15) is 0 Å². The first kappa shape index (κ1) is 64.0. The average molecular weight is 1400 g/mol. The lowest BCUT2D eigenvalue weighted by Crippen LogP contribution is -2.19. The lowest BCUT2D eigenvalue weighted by Gasteiger charge is -2.15. The maximum atomic E-state index is 13.8. The first-order valence-corrected chi connectivity index (χ1v) is 35.3. The summed E-state index contributed by atoms with van der Waals surface area (Å²) in [6.45, 7) is 0. The van der Waals surface area contributed by atoms with Crippen molar-refractivity contribution in [3.63, 3.8) is 0 Å². The van der Waals surface area contributed by atoms with Crippen molar-refractivity contribution in [1.29, 1.82) is 0 Å². The minimum Gasteiger partial charge on any atom is -0.422 e. The van der Waals surface area contributed by atoms with E-state index >= 15 is 0 Å². The van der Waals surface area contributed by atoms with Crippen molar-refractivity contribution in [1.82, 2.24) is 13.7 Å². The van der Waals surface area contributed by atoms with Crippen molar-refractivity contribution in [2.45, 2.75) is 0 Å². The zero-order valence-corrected chi connectivity index (χ0v) is 57.4. The third-order valence-corrected chi connectivity index (χ3v) is 20.6. The molecule has 15 aromatic carbocycles. The zero-order valence-electron chi connectivity index (χ0n) is 57.4. The summed E-state index contributed by atoms with van der Waals surface area (Å²) in [5.74, 6) is 0. The topological polar surface area (TPSA) is 157 Å². The van der Waals surface area contributed by atoms with Crippen LogP contribution in [0.2, 0.25) is 0 Å². The van der Waals surface area contributed by atoms with E-state index in [9.17, 15) is 28.8 Å². The zero-order chi connectivity index (χ0) is 72.7. The number of hydrogen-bond acceptors (Lipinski definition) is 9. The molecule has 108 heavy (non-hydrogen) atoms. The largest absolute Gasteiger partial charge is 0.422 e. The van der Waals surface area contributed by atoms with Gasteiger partial charge in [-0.05, 0) is 176 Å². The van der Waals surface area contributed by atoms with E-state index in [0.29, 0.717) is 60.4 Å². The molecule has 0 unspecified atom stereocenters. The van der Waals surface area contributed by atoms with Crippen molar-refractivity contribution in [2.24, 2.45) is 0 Å². The Bertz CT molecular complexity index is 7700. The SMILES string of the molecule is O=c1oc2ccccc2c2cc(-n3c(=O)c4ccccc4c4cc(-c5ccccc5)ccc43)ccc12.O=c1oc2ccccc2c2ccc(-c3ccc4c(c3)c3ccccc3c(=O)n4-c3ccccc3)cc12.O=c1oc2ccccc2c2ccc(-n3c(=O)c4ccccc4c4cc(-c5ccccc5)ccc43)cc12. The van der Waals surface area contributed by atoms with E-state index in [4.69, 9.17) is 13.3 Å². The van der Waals surface area contributed by atoms with E-state index in [2.05, 4.69) is 42.5 Å². The Balaban J connectivity index is 0.000000110. The van der Waals surface area contributed by atoms with Crippen molar-refractivity contribution in [2.75, 3.05) is 0 Å². The van der Waals surface area contributed by atoms with Crippen molar-refractivity contribution in [3.05, 3.63) is 408 Å². The molecule has 0 spiro atoms. The summed E-state index contributed by atoms with van der Waals surface area (Å²) in [5.41, 5.74) is 11.0. The molecule has 0 radical (unpaired) electrons. The maximum absolute atomic E-state index is 13.8. The van der Waals surface area contributed by atoms with Crippen LogP contribution in [0.25, 0.3) is 181 Å². The van der Waals surface area contributed by atoms with Crippen LogP contribution in [0.4, 0.5) is 0 Å². The molecule has 6 heterocycles. The molecular formula is C96H57N3O9. The summed E-state index contributed by atoms with van der Waals surface area (Å²) < 4.78 is 21.9. The fourth-order valence-corrected chi connectivity index (χ4v) is 15.5. The number of benzene rings is 15. The molecule has 0 aliphatic heterocycles. The summed E-state index contributed by atoms with van der Waals surface area (Å²) >= 11 is 0. The Morgan fingerprint density at radius 1 is 0.167 bits per heavy atom. The van der Waals surface area contributed by atoms with Gasteiger partial charge in [0.15, 0.2) is 0 Å². The van der Waals surface area contributed by atoms with Crippen LogP contribution < -0.4 is 33.6 Å². The molecule has 12 heteroatoms. The van der Waals surface area contributed by atoms with E-state index in [0.717, 1.165) is 120 Å². The Morgan fingerprint density at radius 2 is 0.435 bits per heavy atom. The van der Waals surface area contributed by atoms with Gasteiger partial charge in [-0.3, -0.25) is 28.1 Å². The van der Waals surface area contributed by atoms with Crippen LogP contribution in [0.3, 0.4) is 0 Å². The molecule has 0 bridgehead atoms. The Morgan fingerprint density at radius 3 is 0.852 bits per heavy atom. The standard InChI is InChI=1S/3C32H19NO3/c34-31-26-12-5-4-10-23(26)27-18-21(20-8-2-1-3-9-20)14-17-29(27)33(31)22-15-16-24-25-11-6-7-13-30(25)36-32(35)28(24)19-22;34-31-25-12-5-4-10-23(25)28-18-21(20-8-2-1-3-9-20)14-17-29(28)33(31)22-15-16-26-27(19-22)24-11-6-7-13-30(24)36-32(26)35;34-31-26-12-5-4-10-23(26)27-18-21(15-17-29(27)33(31)22-8-2-1-3-9-22)20-14-16-24-25-11-6-7-13-30(25)36-32(35)28(24)19-20/h3*1-19H. The fraction of sp³-hybridized carbons (Fsp3) is 0. The third kappa shape index (κ3) is 10.9. The number of para-hydroxylation sites is 4. The van der Waals surface area contributed by atoms with Gasteiger partial charge < -0.3 is 13.3 Å². The molecule has 0 aliphatic carbocycles. The average Bonchev–Trinajstić information content (AvgIpc) is 0.747. The van der Waals surface area contributed by atoms with E-state index in [-0.39, 0.29) is 22.3 Å². The van der Waals surface area contributed by atoms with Crippen molar-refractivity contribution >= 4 is 130 Å². The molecule has 6 aromatic heterocycles. The number of fused-ring (bicyclic) bond motifs is 18. The highest BCUT2D eigenvalue weighted by atomic mass is 16.4. The number of hydrogen-bond donors (Lipinski definition) is 0. The molecule has 510 valence electrons. The maximum Gasteiger partial charge on any atom is 0.344 e. The highest BCUT2D eigenvalue weighted by Gasteiger charge is 2.20. The minimum absolute atomic E-state index is 0.0489. The van der Waals surface area contributed by atoms with Crippen molar-refractivity contribution in [3.8, 4) is 50.4 Å². The van der Waals surface area contributed by atoms with Gasteiger partial charge in [0.2, 0.25) is 0 Å². The molecule has 0 fully saturated rings. The monoisotopic (exact) mass is 1400 g/mol. The Labute approximate surface area is 612 Å². The number of aromatic nitrogens is 3. The summed E-state index contributed by atoms with van der Waals surface area (Å²) in [7, 11) is 0. The number of rotatable bonds is 6. The van der Waals surface area contributed by atoms with Gasteiger partial charge in [-0.25, -0.2) is 14.4 Å². The molecule has 21 aromatic rings. The van der Waals surface area contributed by atoms with Gasteiger partial charge in [0.05, 0.1) is 38.4 Å². The summed E-state index contributed by atoms with van der Waals surface area (Å²) in [5, 5.41) is 14.1. The van der Waals surface area contributed by atoms with Gasteiger partial charge >= 0.3 is 16.9 Å². The van der Waals surface area contributed by atoms with Crippen LogP contribution in [0.5, 0.6) is 0 Å². The first-order valence-electron chi connectivity index (χ1n) is 35.3. The molecule has 21 rings (SSSR count). The van der Waals surface area contributed by atoms with Gasteiger partial charge in [0.25, 0.3) is 16.7 Å². The Kier molecular flexibility index (Phi) is 15.5. The van der Waals surface area contributed by atoms with E-state index < -0.39 is 11.3 Å². The summed E-state index contributed by atoms with van der Waals surface area (Å²) in [6, 6.07) is 111. The summed E-state index contributed by atoms with van der Waals surface area (Å²) in [6.07, 6.45) is 0. The second kappa shape index (κ2) is 26.1. The molecule has 0 aliphatic rings. The van der Waals surface area contributed by atoms with E-state index in [1.807, 2.05) is 279 Å². The van der Waals surface area contributed by atoms with E-state index in [1.165, 1.54) is 0 Å². The molecule has 0 saturated carbocycles. The predicted octanol–water partition coefficient (Wildman–Crippen LogP) is 21.2. The number of pyridine rings is 3. The second-order valence-corrected chi connectivity index (χ2v) is 26.7. The predicted molar refractivity (Wildman–Crippen MR) is 438 cm³/mol. The molecule has 0 atom stereocenters. The number of nitrogens with zero attached hydrogens (tertiary/aromatic N) is 3. The second-order valence-electron chi connectivity index (χ2n) is 26.7. The Hall–Kier alpha value is -14.9. The summed E-state index contributed by atoms with van der Waals surface area (Å²) in [4.78, 5) is 79.5. The highest BCUT2D eigenvalue weighted by molar-refractivity contribution is 6.13. The fourth-order valence-electron chi connectivity index (χ4n) is 15.5. The van der Waals surface area contributed by atoms with E-state index in [1.54, 1.807) is 38.0 Å². The molecular weight excluding hydrogens is 1340 g/mol. The van der Waals surface area contributed by atoms with Crippen LogP contribution in [-0.4, -0.2) is 13.7 Å². The third-order valence-electron chi connectivity index (χ3n) is 20.6. The normalized spacial score (nSPS) is 11.6. The first-order chi connectivity index (χ1) is 53.1. The van der Waals surface area contributed by atoms with Gasteiger partial charge in [-0.15, -0.1) is 0 Å². The van der Waals surface area contributed by atoms with Crippen LogP contribution in [0.1, 0.15) is 0 Å².